The van der Waals surface area contributed by atoms with Crippen LogP contribution in [0.1, 0.15) is 32.1 Å². The molecule has 0 spiro atoms. The summed E-state index contributed by atoms with van der Waals surface area (Å²) < 4.78 is 0. The van der Waals surface area contributed by atoms with Crippen LogP contribution in [0.5, 0.6) is 0 Å². The van der Waals surface area contributed by atoms with E-state index in [1.807, 2.05) is 0 Å². The van der Waals surface area contributed by atoms with Gasteiger partial charge in [0, 0.05) is 12.1 Å². The first-order valence-corrected chi connectivity index (χ1v) is 4.27. The average molecular weight is 171 g/mol. The van der Waals surface area contributed by atoms with Gasteiger partial charge in [0.1, 0.15) is 0 Å². The molecule has 1 aliphatic rings. The van der Waals surface area contributed by atoms with Crippen molar-refractivity contribution in [3.63, 3.8) is 0 Å². The number of hydrogen-bond donors (Lipinski definition) is 2. The van der Waals surface area contributed by atoms with Crippen LogP contribution in [0, 0.1) is 0 Å². The second-order valence-electron chi connectivity index (χ2n) is 2.94. The number of carboxylic acids is 1. The highest BCUT2D eigenvalue weighted by Gasteiger charge is 2.06. The molecule has 0 heterocycles. The van der Waals surface area contributed by atoms with Gasteiger partial charge in [0.2, 0.25) is 0 Å². The van der Waals surface area contributed by atoms with E-state index in [-0.39, 0.29) is 0 Å². The van der Waals surface area contributed by atoms with Gasteiger partial charge < -0.3 is 10.8 Å². The van der Waals surface area contributed by atoms with Gasteiger partial charge in [-0.05, 0) is 12.8 Å². The van der Waals surface area contributed by atoms with Crippen molar-refractivity contribution >= 4 is 5.97 Å². The second kappa shape index (κ2) is 6.85. The fourth-order valence-electron chi connectivity index (χ4n) is 1.13. The predicted molar refractivity (Wildman–Crippen MR) is 48.9 cm³/mol. The quantitative estimate of drug-likeness (QED) is 0.588. The van der Waals surface area contributed by atoms with E-state index in [1.165, 1.54) is 32.1 Å². The van der Waals surface area contributed by atoms with Crippen molar-refractivity contribution in [2.45, 2.75) is 38.1 Å². The zero-order valence-electron chi connectivity index (χ0n) is 7.33. The number of carbonyl (C=O) groups is 1. The maximum absolute atomic E-state index is 9.25. The molecule has 0 aliphatic heterocycles. The maximum Gasteiger partial charge on any atom is 0.327 e. The van der Waals surface area contributed by atoms with E-state index in [2.05, 4.69) is 6.58 Å². The van der Waals surface area contributed by atoms with E-state index >= 15 is 0 Å². The van der Waals surface area contributed by atoms with Crippen LogP contribution in [0.15, 0.2) is 12.7 Å². The van der Waals surface area contributed by atoms with E-state index in [4.69, 9.17) is 10.8 Å². The Bertz CT molecular complexity index is 139. The Morgan fingerprint density at radius 3 is 2.00 bits per heavy atom. The number of nitrogens with two attached hydrogens (primary N) is 1. The molecule has 1 fully saturated rings. The molecule has 1 saturated carbocycles. The third-order valence-corrected chi connectivity index (χ3v) is 1.82. The Labute approximate surface area is 73.3 Å². The molecule has 3 nitrogen and oxygen atoms in total. The molecule has 0 unspecified atom stereocenters. The van der Waals surface area contributed by atoms with E-state index in [0.717, 1.165) is 6.08 Å². The van der Waals surface area contributed by atoms with Crippen molar-refractivity contribution in [3.8, 4) is 0 Å². The zero-order valence-corrected chi connectivity index (χ0v) is 7.33. The Balaban J connectivity index is 0.000000217. The first-order valence-electron chi connectivity index (χ1n) is 4.27. The van der Waals surface area contributed by atoms with Gasteiger partial charge in [-0.15, -0.1) is 0 Å². The zero-order chi connectivity index (χ0) is 9.40. The Morgan fingerprint density at radius 1 is 1.42 bits per heavy atom. The standard InChI is InChI=1S/C6H13N.C3H4O2/c7-6-4-2-1-3-5-6;1-2-3(4)5/h6H,1-5,7H2;2H,1H2,(H,4,5). The van der Waals surface area contributed by atoms with E-state index in [0.29, 0.717) is 6.04 Å². The van der Waals surface area contributed by atoms with Gasteiger partial charge in [0.15, 0.2) is 0 Å². The van der Waals surface area contributed by atoms with Crippen molar-refractivity contribution in [1.29, 1.82) is 0 Å². The molecule has 0 aromatic rings. The topological polar surface area (TPSA) is 63.3 Å². The van der Waals surface area contributed by atoms with Crippen molar-refractivity contribution in [2.75, 3.05) is 0 Å². The minimum Gasteiger partial charge on any atom is -0.478 e. The van der Waals surface area contributed by atoms with E-state index in [9.17, 15) is 4.79 Å². The van der Waals surface area contributed by atoms with Crippen molar-refractivity contribution in [2.24, 2.45) is 5.73 Å². The summed E-state index contributed by atoms with van der Waals surface area (Å²) in [6.45, 7) is 2.96. The minimum absolute atomic E-state index is 0.536. The predicted octanol–water partition coefficient (Wildman–Crippen LogP) is 1.53. The Kier molecular flexibility index (Phi) is 6.38. The van der Waals surface area contributed by atoms with Crippen LogP contribution in [0.25, 0.3) is 0 Å². The lowest BCUT2D eigenvalue weighted by atomic mass is 9.97. The maximum atomic E-state index is 9.25. The van der Waals surface area contributed by atoms with Gasteiger partial charge in [-0.1, -0.05) is 25.8 Å². The summed E-state index contributed by atoms with van der Waals surface area (Å²) in [4.78, 5) is 9.25. The average Bonchev–Trinajstić information content (AvgIpc) is 2.07. The molecular formula is C9H17NO2. The fraction of sp³-hybridized carbons (Fsp3) is 0.667. The highest BCUT2D eigenvalue weighted by molar-refractivity contribution is 5.78. The number of aliphatic carboxylic acids is 1. The lowest BCUT2D eigenvalue weighted by Gasteiger charge is -2.15. The fourth-order valence-corrected chi connectivity index (χ4v) is 1.13. The number of hydrogen-bond acceptors (Lipinski definition) is 2. The smallest absolute Gasteiger partial charge is 0.327 e. The lowest BCUT2D eigenvalue weighted by Crippen LogP contribution is -2.22. The van der Waals surface area contributed by atoms with Gasteiger partial charge in [0.05, 0.1) is 0 Å². The van der Waals surface area contributed by atoms with Gasteiger partial charge in [-0.25, -0.2) is 4.79 Å². The molecule has 1 aliphatic carbocycles. The molecule has 1 rings (SSSR count). The molecule has 0 atom stereocenters. The summed E-state index contributed by atoms with van der Waals surface area (Å²) in [6, 6.07) is 0.536. The Hall–Kier alpha value is -0.830. The third kappa shape index (κ3) is 7.28. The third-order valence-electron chi connectivity index (χ3n) is 1.82. The van der Waals surface area contributed by atoms with Crippen LogP contribution in [-0.2, 0) is 4.79 Å². The molecule has 3 N–H and O–H groups in total. The van der Waals surface area contributed by atoms with Crippen LogP contribution in [-0.4, -0.2) is 17.1 Å². The van der Waals surface area contributed by atoms with Crippen molar-refractivity contribution in [3.05, 3.63) is 12.7 Å². The molecule has 0 amide bonds. The van der Waals surface area contributed by atoms with Gasteiger partial charge in [0.25, 0.3) is 0 Å². The van der Waals surface area contributed by atoms with Gasteiger partial charge in [-0.3, -0.25) is 0 Å². The van der Waals surface area contributed by atoms with E-state index < -0.39 is 5.97 Å². The molecule has 70 valence electrons. The Morgan fingerprint density at radius 2 is 1.83 bits per heavy atom. The molecule has 12 heavy (non-hydrogen) atoms. The lowest BCUT2D eigenvalue weighted by molar-refractivity contribution is -0.131. The highest BCUT2D eigenvalue weighted by atomic mass is 16.4. The molecule has 0 radical (unpaired) electrons. The monoisotopic (exact) mass is 171 g/mol. The first-order chi connectivity index (χ1) is 5.66. The van der Waals surface area contributed by atoms with E-state index in [1.54, 1.807) is 0 Å². The van der Waals surface area contributed by atoms with Crippen LogP contribution in [0.3, 0.4) is 0 Å². The summed E-state index contributed by atoms with van der Waals surface area (Å²) in [5.74, 6) is -0.981. The van der Waals surface area contributed by atoms with Crippen LogP contribution < -0.4 is 5.73 Å². The number of carboxylic acid groups (broad SMARTS) is 1. The summed E-state index contributed by atoms with van der Waals surface area (Å²) in [7, 11) is 0. The summed E-state index contributed by atoms with van der Waals surface area (Å²) in [5.41, 5.74) is 5.63. The SMILES string of the molecule is C=CC(=O)O.NC1CCCCC1. The van der Waals surface area contributed by atoms with Gasteiger partial charge >= 0.3 is 5.97 Å². The van der Waals surface area contributed by atoms with Crippen LogP contribution >= 0.6 is 0 Å². The van der Waals surface area contributed by atoms with Crippen LogP contribution in [0.2, 0.25) is 0 Å². The molecule has 0 saturated heterocycles. The molecule has 0 aromatic carbocycles. The largest absolute Gasteiger partial charge is 0.478 e. The summed E-state index contributed by atoms with van der Waals surface area (Å²) >= 11 is 0. The molecule has 0 aromatic heterocycles. The van der Waals surface area contributed by atoms with Crippen molar-refractivity contribution < 1.29 is 9.90 Å². The second-order valence-corrected chi connectivity index (χ2v) is 2.94. The highest BCUT2D eigenvalue weighted by Crippen LogP contribution is 2.14. The molecule has 3 heteroatoms. The van der Waals surface area contributed by atoms with Crippen molar-refractivity contribution in [1.82, 2.24) is 0 Å². The van der Waals surface area contributed by atoms with Crippen LogP contribution in [0.4, 0.5) is 0 Å². The summed E-state index contributed by atoms with van der Waals surface area (Å²) in [5, 5.41) is 7.60. The summed E-state index contributed by atoms with van der Waals surface area (Å²) in [6.07, 6.45) is 7.50. The normalized spacial score (nSPS) is 17.4. The first kappa shape index (κ1) is 11.2. The molecule has 0 bridgehead atoms. The minimum atomic E-state index is -0.981. The number of rotatable bonds is 1. The van der Waals surface area contributed by atoms with Gasteiger partial charge in [-0.2, -0.15) is 0 Å². The molecular weight excluding hydrogens is 154 g/mol.